The molecule has 0 unspecified atom stereocenters. The first kappa shape index (κ1) is 29.6. The van der Waals surface area contributed by atoms with Gasteiger partial charge in [0.15, 0.2) is 17.5 Å². The van der Waals surface area contributed by atoms with E-state index in [-0.39, 0.29) is 0 Å². The van der Waals surface area contributed by atoms with Crippen molar-refractivity contribution < 1.29 is 14.2 Å². The quantitative estimate of drug-likeness (QED) is 0.177. The number of aliphatic hydroxyl groups is 1. The Bertz CT molecular complexity index is 2170. The summed E-state index contributed by atoms with van der Waals surface area (Å²) in [5.41, 5.74) is 5.57. The van der Waals surface area contributed by atoms with Gasteiger partial charge in [0.05, 0.1) is 11.2 Å². The maximum Gasteiger partial charge on any atom is 0.330 e. The van der Waals surface area contributed by atoms with E-state index in [2.05, 4.69) is 36.4 Å². The molecule has 2 heterocycles. The van der Waals surface area contributed by atoms with Crippen molar-refractivity contribution in [1.82, 2.24) is 15.0 Å². The van der Waals surface area contributed by atoms with E-state index in [1.54, 1.807) is 21.3 Å². The predicted molar refractivity (Wildman–Crippen MR) is 186 cm³/mol. The minimum absolute atomic E-state index is 0.562. The van der Waals surface area contributed by atoms with Gasteiger partial charge in [-0.1, -0.05) is 96.5 Å². The summed E-state index contributed by atoms with van der Waals surface area (Å²) in [6.07, 6.45) is 0. The fraction of sp³-hybridized carbons (Fsp3) is 0.154. The fourth-order valence-electron chi connectivity index (χ4n) is 5.17. The van der Waals surface area contributed by atoms with Crippen LogP contribution in [-0.4, -0.2) is 38.7 Å². The predicted octanol–water partition coefficient (Wildman–Crippen LogP) is 8.25. The van der Waals surface area contributed by atoms with Crippen LogP contribution in [-0.2, 0) is 4.65 Å². The zero-order valence-corrected chi connectivity index (χ0v) is 26.2. The van der Waals surface area contributed by atoms with Gasteiger partial charge in [-0.3, -0.25) is 0 Å². The smallest absolute Gasteiger partial charge is 0.330 e. The van der Waals surface area contributed by atoms with Gasteiger partial charge in [-0.05, 0) is 69.2 Å². The Balaban J connectivity index is 1.30. The maximum absolute atomic E-state index is 10.5. The van der Waals surface area contributed by atoms with Crippen LogP contribution in [0.3, 0.4) is 0 Å². The van der Waals surface area contributed by atoms with E-state index in [0.717, 1.165) is 55.2 Å². The van der Waals surface area contributed by atoms with Crippen LogP contribution in [0.4, 0.5) is 0 Å². The molecular weight excluding hydrogens is 569 g/mol. The van der Waals surface area contributed by atoms with Crippen LogP contribution in [0, 0.1) is 0 Å². The van der Waals surface area contributed by atoms with Crippen molar-refractivity contribution in [2.75, 3.05) is 0 Å². The van der Waals surface area contributed by atoms with Gasteiger partial charge in [-0.2, -0.15) is 0 Å². The Morgan fingerprint density at radius 3 is 1.83 bits per heavy atom. The molecule has 225 valence electrons. The average molecular weight is 603 g/mol. The number of hydrogen-bond donors (Lipinski definition) is 1. The van der Waals surface area contributed by atoms with Crippen molar-refractivity contribution in [3.8, 4) is 45.3 Å². The molecule has 5 aromatic carbocycles. The van der Waals surface area contributed by atoms with Crippen LogP contribution in [0.1, 0.15) is 27.7 Å². The summed E-state index contributed by atoms with van der Waals surface area (Å²) in [6.45, 7) is 7.20. The van der Waals surface area contributed by atoms with E-state index in [9.17, 15) is 5.11 Å². The van der Waals surface area contributed by atoms with Crippen LogP contribution in [0.25, 0.3) is 67.2 Å². The first-order valence-electron chi connectivity index (χ1n) is 15.3. The Kier molecular flexibility index (Phi) is 7.51. The van der Waals surface area contributed by atoms with E-state index in [1.165, 1.54) is 0 Å². The van der Waals surface area contributed by atoms with Gasteiger partial charge in [0.25, 0.3) is 0 Å². The summed E-state index contributed by atoms with van der Waals surface area (Å²) < 4.78 is 12.0. The summed E-state index contributed by atoms with van der Waals surface area (Å²) in [4.78, 5) is 14.9. The summed E-state index contributed by atoms with van der Waals surface area (Å²) in [5.74, 6) is 1.72. The van der Waals surface area contributed by atoms with E-state index in [1.807, 2.05) is 98.8 Å². The third-order valence-electron chi connectivity index (χ3n) is 8.63. The van der Waals surface area contributed by atoms with Gasteiger partial charge >= 0.3 is 7.48 Å². The van der Waals surface area contributed by atoms with Crippen LogP contribution in [0.15, 0.2) is 126 Å². The fourth-order valence-corrected chi connectivity index (χ4v) is 5.17. The van der Waals surface area contributed by atoms with Crippen LogP contribution < -0.4 is 5.46 Å². The molecule has 2 aromatic heterocycles. The zero-order chi connectivity index (χ0) is 31.9. The van der Waals surface area contributed by atoms with Crippen LogP contribution in [0.2, 0.25) is 0 Å². The number of hydrogen-bond acceptors (Lipinski definition) is 6. The lowest BCUT2D eigenvalue weighted by molar-refractivity contribution is -0.0893. The molecule has 0 aliphatic rings. The van der Waals surface area contributed by atoms with Gasteiger partial charge in [0.2, 0.25) is 0 Å². The third kappa shape index (κ3) is 5.83. The molecule has 0 spiro atoms. The minimum atomic E-state index is -1.01. The molecule has 0 aliphatic heterocycles. The summed E-state index contributed by atoms with van der Waals surface area (Å²) in [7, 11) is 1.67. The largest absolute Gasteiger partial charge is 0.456 e. The monoisotopic (exact) mass is 602 g/mol. The molecule has 0 aliphatic carbocycles. The number of furan rings is 1. The van der Waals surface area contributed by atoms with Crippen molar-refractivity contribution >= 4 is 34.9 Å². The Hall–Kier alpha value is -5.11. The zero-order valence-electron chi connectivity index (χ0n) is 26.2. The summed E-state index contributed by atoms with van der Waals surface area (Å²) >= 11 is 0. The summed E-state index contributed by atoms with van der Waals surface area (Å²) in [6, 6.07) is 40.5. The van der Waals surface area contributed by atoms with Gasteiger partial charge in [0.1, 0.15) is 11.2 Å². The van der Waals surface area contributed by atoms with E-state index in [4.69, 9.17) is 24.0 Å². The molecular formula is C39H33BN3O3. The van der Waals surface area contributed by atoms with Crippen molar-refractivity contribution in [1.29, 1.82) is 0 Å². The molecule has 7 heteroatoms. The summed E-state index contributed by atoms with van der Waals surface area (Å²) in [5, 5.41) is 12.5. The molecule has 1 radical (unpaired) electrons. The number of fused-ring (bicyclic) bond motifs is 3. The molecule has 1 N–H and O–H groups in total. The average Bonchev–Trinajstić information content (AvgIpc) is 3.45. The highest BCUT2D eigenvalue weighted by atomic mass is 16.5. The number of rotatable bonds is 8. The lowest BCUT2D eigenvalue weighted by atomic mass is 9.82. The molecule has 6 nitrogen and oxygen atoms in total. The SMILES string of the molecule is CC(C)(O)C(C)(C)O[B]c1ccc(-c2nc(-c3cccc(-c4ccccc4)c3)nc(-c3ccc4oc5ccccc5c4c3)n2)cc1. The Labute approximate surface area is 269 Å². The second kappa shape index (κ2) is 11.7. The molecule has 7 aromatic rings. The van der Waals surface area contributed by atoms with Crippen molar-refractivity contribution in [2.45, 2.75) is 38.9 Å². The second-order valence-electron chi connectivity index (χ2n) is 12.5. The molecule has 0 saturated heterocycles. The van der Waals surface area contributed by atoms with Crippen molar-refractivity contribution in [3.63, 3.8) is 0 Å². The van der Waals surface area contributed by atoms with Crippen LogP contribution >= 0.6 is 0 Å². The number of aromatic nitrogens is 3. The molecule has 0 atom stereocenters. The Morgan fingerprint density at radius 2 is 1.11 bits per heavy atom. The van der Waals surface area contributed by atoms with E-state index >= 15 is 0 Å². The first-order chi connectivity index (χ1) is 22.1. The highest BCUT2D eigenvalue weighted by Gasteiger charge is 2.35. The highest BCUT2D eigenvalue weighted by molar-refractivity contribution is 6.47. The molecule has 0 amide bonds. The van der Waals surface area contributed by atoms with Crippen molar-refractivity contribution in [3.05, 3.63) is 121 Å². The lowest BCUT2D eigenvalue weighted by Gasteiger charge is -2.37. The van der Waals surface area contributed by atoms with Crippen molar-refractivity contribution in [2.24, 2.45) is 0 Å². The molecule has 0 fully saturated rings. The van der Waals surface area contributed by atoms with Crippen LogP contribution in [0.5, 0.6) is 0 Å². The molecule has 0 bridgehead atoms. The highest BCUT2D eigenvalue weighted by Crippen LogP contribution is 2.33. The normalized spacial score (nSPS) is 12.1. The molecule has 0 saturated carbocycles. The van der Waals surface area contributed by atoms with Gasteiger partial charge < -0.3 is 14.2 Å². The van der Waals surface area contributed by atoms with E-state index in [0.29, 0.717) is 17.5 Å². The maximum atomic E-state index is 10.5. The lowest BCUT2D eigenvalue weighted by Crippen LogP contribution is -2.49. The number of para-hydroxylation sites is 1. The topological polar surface area (TPSA) is 81.3 Å². The van der Waals surface area contributed by atoms with E-state index < -0.39 is 11.2 Å². The third-order valence-corrected chi connectivity index (χ3v) is 8.63. The number of benzene rings is 5. The molecule has 7 rings (SSSR count). The first-order valence-corrected chi connectivity index (χ1v) is 15.3. The standard InChI is InChI=1S/C39H33BN3O3/c1-38(2,44)39(3,4)46-40-30-20-17-26(18-21-30)35-41-36(28-14-10-13-27(23-28)25-11-6-5-7-12-25)43-37(42-35)29-19-22-34-32(24-29)31-15-8-9-16-33(31)45-34/h5-24,44H,1-4H3. The van der Waals surface area contributed by atoms with Gasteiger partial charge in [-0.15, -0.1) is 0 Å². The minimum Gasteiger partial charge on any atom is -0.456 e. The second-order valence-corrected chi connectivity index (χ2v) is 12.5. The van der Waals surface area contributed by atoms with Gasteiger partial charge in [-0.25, -0.2) is 15.0 Å². The number of nitrogens with zero attached hydrogens (tertiary/aromatic N) is 3. The van der Waals surface area contributed by atoms with Gasteiger partial charge in [0, 0.05) is 27.5 Å². The molecule has 46 heavy (non-hydrogen) atoms. The Morgan fingerprint density at radius 1 is 0.543 bits per heavy atom.